The summed E-state index contributed by atoms with van der Waals surface area (Å²) in [6.45, 7) is 0.406. The van der Waals surface area contributed by atoms with Crippen LogP contribution >= 0.6 is 15.9 Å². The van der Waals surface area contributed by atoms with Crippen molar-refractivity contribution < 1.29 is 19.0 Å². The molecule has 0 aliphatic carbocycles. The standard InChI is InChI=1S/C14H12BrNO4/c15-12-1-3-13(4-2-12)19-9-10-20-14(17)11-5-7-16(18)8-6-11/h1-8H,9-10H2. The number of carbonyl (C=O) groups is 1. The first-order chi connectivity index (χ1) is 9.65. The number of halogens is 1. The van der Waals surface area contributed by atoms with E-state index in [-0.39, 0.29) is 13.2 Å². The first kappa shape index (κ1) is 14.3. The number of ether oxygens (including phenoxy) is 2. The molecule has 0 saturated carbocycles. The van der Waals surface area contributed by atoms with E-state index in [9.17, 15) is 10.0 Å². The van der Waals surface area contributed by atoms with Gasteiger partial charge in [-0.1, -0.05) is 15.9 Å². The number of esters is 1. The maximum Gasteiger partial charge on any atom is 0.338 e. The van der Waals surface area contributed by atoms with Crippen LogP contribution in [0.4, 0.5) is 0 Å². The second kappa shape index (κ2) is 6.91. The molecule has 2 rings (SSSR count). The van der Waals surface area contributed by atoms with Crippen molar-refractivity contribution in [1.29, 1.82) is 0 Å². The van der Waals surface area contributed by atoms with E-state index in [1.165, 1.54) is 24.5 Å². The van der Waals surface area contributed by atoms with Crippen molar-refractivity contribution in [2.75, 3.05) is 13.2 Å². The summed E-state index contributed by atoms with van der Waals surface area (Å²) in [5, 5.41) is 10.8. The molecule has 0 fully saturated rings. The van der Waals surface area contributed by atoms with Crippen molar-refractivity contribution >= 4 is 21.9 Å². The van der Waals surface area contributed by atoms with Crippen molar-refractivity contribution in [3.63, 3.8) is 0 Å². The first-order valence-electron chi connectivity index (χ1n) is 5.89. The van der Waals surface area contributed by atoms with Crippen molar-refractivity contribution in [3.05, 3.63) is 64.0 Å². The van der Waals surface area contributed by atoms with Gasteiger partial charge in [0.05, 0.1) is 5.56 Å². The third-order valence-corrected chi connectivity index (χ3v) is 2.97. The lowest BCUT2D eigenvalue weighted by molar-refractivity contribution is -0.605. The number of pyridine rings is 1. The largest absolute Gasteiger partial charge is 0.619 e. The number of rotatable bonds is 5. The molecule has 1 aromatic carbocycles. The number of nitrogens with zero attached hydrogens (tertiary/aromatic N) is 1. The summed E-state index contributed by atoms with van der Waals surface area (Å²) < 4.78 is 12.0. The molecule has 1 aromatic heterocycles. The number of aromatic nitrogens is 1. The highest BCUT2D eigenvalue weighted by molar-refractivity contribution is 9.10. The van der Waals surface area contributed by atoms with E-state index in [2.05, 4.69) is 15.9 Å². The van der Waals surface area contributed by atoms with E-state index in [4.69, 9.17) is 9.47 Å². The minimum atomic E-state index is -0.481. The Morgan fingerprint density at radius 3 is 2.40 bits per heavy atom. The highest BCUT2D eigenvalue weighted by Gasteiger charge is 2.07. The van der Waals surface area contributed by atoms with Gasteiger partial charge < -0.3 is 14.7 Å². The van der Waals surface area contributed by atoms with Gasteiger partial charge in [-0.3, -0.25) is 0 Å². The molecule has 0 radical (unpaired) electrons. The Morgan fingerprint density at radius 1 is 1.10 bits per heavy atom. The molecule has 104 valence electrons. The first-order valence-corrected chi connectivity index (χ1v) is 6.69. The van der Waals surface area contributed by atoms with Crippen LogP contribution in [-0.2, 0) is 4.74 Å². The minimum Gasteiger partial charge on any atom is -0.619 e. The highest BCUT2D eigenvalue weighted by atomic mass is 79.9. The van der Waals surface area contributed by atoms with Gasteiger partial charge in [0.1, 0.15) is 19.0 Å². The van der Waals surface area contributed by atoms with E-state index in [0.29, 0.717) is 16.0 Å². The van der Waals surface area contributed by atoms with Gasteiger partial charge in [0.2, 0.25) is 0 Å². The molecular formula is C14H12BrNO4. The molecule has 0 amide bonds. The average Bonchev–Trinajstić information content (AvgIpc) is 2.46. The van der Waals surface area contributed by atoms with Crippen LogP contribution < -0.4 is 9.47 Å². The van der Waals surface area contributed by atoms with Crippen molar-refractivity contribution in [1.82, 2.24) is 0 Å². The zero-order valence-corrected chi connectivity index (χ0v) is 12.1. The van der Waals surface area contributed by atoms with E-state index in [1.807, 2.05) is 24.3 Å². The Hall–Kier alpha value is -2.08. The SMILES string of the molecule is O=C(OCCOc1ccc(Br)cc1)c1cc[n+]([O-])cc1. The van der Waals surface area contributed by atoms with Gasteiger partial charge in [0, 0.05) is 16.6 Å². The molecule has 0 aliphatic rings. The quantitative estimate of drug-likeness (QED) is 0.363. The summed E-state index contributed by atoms with van der Waals surface area (Å²) in [7, 11) is 0. The summed E-state index contributed by atoms with van der Waals surface area (Å²) >= 11 is 3.33. The predicted molar refractivity (Wildman–Crippen MR) is 75.3 cm³/mol. The van der Waals surface area contributed by atoms with E-state index >= 15 is 0 Å². The third-order valence-electron chi connectivity index (χ3n) is 2.44. The molecule has 0 spiro atoms. The maximum absolute atomic E-state index is 11.6. The van der Waals surface area contributed by atoms with E-state index in [1.54, 1.807) is 0 Å². The molecule has 0 aliphatic heterocycles. The molecule has 6 heteroatoms. The Morgan fingerprint density at radius 2 is 1.75 bits per heavy atom. The Kier molecular flexibility index (Phi) is 4.95. The number of hydrogen-bond acceptors (Lipinski definition) is 4. The van der Waals surface area contributed by atoms with Crippen molar-refractivity contribution in [2.45, 2.75) is 0 Å². The van der Waals surface area contributed by atoms with Crippen LogP contribution in [0.15, 0.2) is 53.3 Å². The van der Waals surface area contributed by atoms with Gasteiger partial charge in [-0.2, -0.15) is 4.73 Å². The number of benzene rings is 1. The monoisotopic (exact) mass is 337 g/mol. The smallest absolute Gasteiger partial charge is 0.338 e. The van der Waals surface area contributed by atoms with Crippen LogP contribution in [0, 0.1) is 5.21 Å². The van der Waals surface area contributed by atoms with Gasteiger partial charge in [-0.05, 0) is 24.3 Å². The summed E-state index contributed by atoms with van der Waals surface area (Å²) in [6, 6.07) is 10.2. The summed E-state index contributed by atoms with van der Waals surface area (Å²) in [5.74, 6) is 0.223. The maximum atomic E-state index is 11.6. The lowest BCUT2D eigenvalue weighted by Crippen LogP contribution is -2.24. The molecule has 20 heavy (non-hydrogen) atoms. The van der Waals surface area contributed by atoms with Crippen LogP contribution in [0.1, 0.15) is 10.4 Å². The summed E-state index contributed by atoms with van der Waals surface area (Å²) in [4.78, 5) is 11.6. The van der Waals surface area contributed by atoms with E-state index < -0.39 is 5.97 Å². The second-order valence-corrected chi connectivity index (χ2v) is 4.80. The van der Waals surface area contributed by atoms with Gasteiger partial charge in [0.25, 0.3) is 0 Å². The molecule has 0 unspecified atom stereocenters. The zero-order valence-electron chi connectivity index (χ0n) is 10.5. The summed E-state index contributed by atoms with van der Waals surface area (Å²) in [6.07, 6.45) is 2.49. The van der Waals surface area contributed by atoms with Crippen molar-refractivity contribution in [3.8, 4) is 5.75 Å². The molecule has 2 aromatic rings. The predicted octanol–water partition coefficient (Wildman–Crippen LogP) is 2.32. The number of hydrogen-bond donors (Lipinski definition) is 0. The van der Waals surface area contributed by atoms with Gasteiger partial charge in [0.15, 0.2) is 12.4 Å². The molecule has 0 saturated heterocycles. The van der Waals surface area contributed by atoms with Crippen LogP contribution in [0.3, 0.4) is 0 Å². The molecule has 5 nitrogen and oxygen atoms in total. The normalized spacial score (nSPS) is 10.1. The van der Waals surface area contributed by atoms with Gasteiger partial charge in [-0.15, -0.1) is 0 Å². The highest BCUT2D eigenvalue weighted by Crippen LogP contribution is 2.15. The van der Waals surface area contributed by atoms with Crippen LogP contribution in [0.25, 0.3) is 0 Å². The lowest BCUT2D eigenvalue weighted by atomic mass is 10.3. The Balaban J connectivity index is 1.74. The Labute approximate surface area is 124 Å². The molecule has 0 N–H and O–H groups in total. The fourth-order valence-electron chi connectivity index (χ4n) is 1.46. The minimum absolute atomic E-state index is 0.140. The zero-order chi connectivity index (χ0) is 14.4. The third kappa shape index (κ3) is 4.24. The topological polar surface area (TPSA) is 62.5 Å². The molecule has 1 heterocycles. The fourth-order valence-corrected chi connectivity index (χ4v) is 1.72. The second-order valence-electron chi connectivity index (χ2n) is 3.89. The summed E-state index contributed by atoms with van der Waals surface area (Å²) in [5.41, 5.74) is 0.334. The lowest BCUT2D eigenvalue weighted by Gasteiger charge is -2.07. The molecule has 0 bridgehead atoms. The van der Waals surface area contributed by atoms with Crippen LogP contribution in [0.5, 0.6) is 5.75 Å². The number of carbonyl (C=O) groups excluding carboxylic acids is 1. The molecule has 0 atom stereocenters. The Bertz CT molecular complexity index is 569. The van der Waals surface area contributed by atoms with Gasteiger partial charge >= 0.3 is 5.97 Å². The van der Waals surface area contributed by atoms with E-state index in [0.717, 1.165) is 4.47 Å². The fraction of sp³-hybridized carbons (Fsp3) is 0.143. The molecular weight excluding hydrogens is 326 g/mol. The average molecular weight is 338 g/mol. The van der Waals surface area contributed by atoms with Crippen LogP contribution in [-0.4, -0.2) is 19.2 Å². The van der Waals surface area contributed by atoms with Crippen molar-refractivity contribution in [2.24, 2.45) is 0 Å². The van der Waals surface area contributed by atoms with Gasteiger partial charge in [-0.25, -0.2) is 4.79 Å². The van der Waals surface area contributed by atoms with Crippen LogP contribution in [0.2, 0.25) is 0 Å².